The normalized spacial score (nSPS) is 13.9. The Labute approximate surface area is 172 Å². The van der Waals surface area contributed by atoms with Crippen LogP contribution in [0.1, 0.15) is 20.3 Å². The first-order valence-corrected chi connectivity index (χ1v) is 5.40. The first-order valence-electron chi connectivity index (χ1n) is 4.28. The van der Waals surface area contributed by atoms with Crippen molar-refractivity contribution in [1.29, 1.82) is 0 Å². The fraction of sp³-hybridized carbons (Fsp3) is 0.600. The first kappa shape index (κ1) is 22.9. The fourth-order valence-electron chi connectivity index (χ4n) is 1.00. The van der Waals surface area contributed by atoms with E-state index in [0.29, 0.717) is 6.42 Å². The zero-order valence-electron chi connectivity index (χ0n) is 9.28. The topological polar surface area (TPSA) is 40.5 Å². The number of allylic oxidation sites excluding steroid dienone is 1. The molecule has 0 aliphatic carbocycles. The van der Waals surface area contributed by atoms with E-state index in [0.717, 1.165) is 16.5 Å². The van der Waals surface area contributed by atoms with Crippen molar-refractivity contribution in [1.82, 2.24) is 0 Å². The van der Waals surface area contributed by atoms with E-state index in [9.17, 15) is 5.11 Å². The molecule has 0 fully saturated rings. The molecule has 0 aromatic rings. The predicted octanol–water partition coefficient (Wildman–Crippen LogP) is 2.02. The Hall–Kier alpha value is 2.76. The summed E-state index contributed by atoms with van der Waals surface area (Å²) in [5.74, 6) is 0. The van der Waals surface area contributed by atoms with Gasteiger partial charge in [-0.25, -0.2) is 0 Å². The van der Waals surface area contributed by atoms with Crippen LogP contribution in [0.2, 0.25) is 0 Å². The summed E-state index contributed by atoms with van der Waals surface area (Å²) in [6, 6.07) is 0. The molecular weight excluding hydrogens is 686 g/mol. The summed E-state index contributed by atoms with van der Waals surface area (Å²) < 4.78 is 0. The molecule has 0 amide bonds. The number of halogens is 1. The maximum Gasteiger partial charge on any atom is 0.0760 e. The maximum absolute atomic E-state index is 9.53. The molecular formula is C10H17Ac2BrO2. The van der Waals surface area contributed by atoms with Crippen molar-refractivity contribution < 1.29 is 98.3 Å². The van der Waals surface area contributed by atoms with E-state index in [4.69, 9.17) is 5.11 Å². The Balaban J connectivity index is -0.000000720. The van der Waals surface area contributed by atoms with Crippen molar-refractivity contribution in [3.63, 3.8) is 0 Å². The molecule has 0 heterocycles. The van der Waals surface area contributed by atoms with Crippen LogP contribution in [0, 0.1) is 88.1 Å². The van der Waals surface area contributed by atoms with E-state index in [1.165, 1.54) is 0 Å². The second-order valence-electron chi connectivity index (χ2n) is 3.15. The molecule has 0 aromatic heterocycles. The molecule has 0 rings (SSSR count). The molecule has 2 radical (unpaired) electrons. The summed E-state index contributed by atoms with van der Waals surface area (Å²) in [5, 5.41) is 18.9. The van der Waals surface area contributed by atoms with Crippen LogP contribution in [0.5, 0.6) is 0 Å². The molecule has 5 heteroatoms. The van der Waals surface area contributed by atoms with Gasteiger partial charge in [-0.2, -0.15) is 0 Å². The van der Waals surface area contributed by atoms with Gasteiger partial charge in [0, 0.05) is 93.5 Å². The van der Waals surface area contributed by atoms with E-state index in [1.54, 1.807) is 6.08 Å². The average molecular weight is 703 g/mol. The van der Waals surface area contributed by atoms with Gasteiger partial charge >= 0.3 is 0 Å². The Morgan fingerprint density at radius 1 is 1.27 bits per heavy atom. The zero-order chi connectivity index (χ0) is 10.3. The molecule has 0 saturated heterocycles. The third kappa shape index (κ3) is 14.7. The number of hydrogen-bond acceptors (Lipinski definition) is 2. The number of rotatable bonds is 5. The van der Waals surface area contributed by atoms with Gasteiger partial charge in [0.1, 0.15) is 0 Å². The molecule has 0 aromatic carbocycles. The van der Waals surface area contributed by atoms with Crippen LogP contribution in [0.15, 0.2) is 23.3 Å². The van der Waals surface area contributed by atoms with E-state index < -0.39 is 6.10 Å². The largest absolute Gasteiger partial charge is 0.392 e. The van der Waals surface area contributed by atoms with Gasteiger partial charge in [-0.1, -0.05) is 39.2 Å². The third-order valence-electron chi connectivity index (χ3n) is 1.66. The number of aliphatic hydroxyl groups excluding tert-OH is 2. The fourth-order valence-corrected chi connectivity index (χ4v) is 1.19. The quantitative estimate of drug-likeness (QED) is 0.341. The summed E-state index contributed by atoms with van der Waals surface area (Å²) in [7, 11) is 0. The van der Waals surface area contributed by atoms with Crippen LogP contribution < -0.4 is 0 Å². The Morgan fingerprint density at radius 2 is 1.80 bits per heavy atom. The minimum absolute atomic E-state index is 0. The zero-order valence-corrected chi connectivity index (χ0v) is 20.4. The number of aliphatic hydroxyl groups is 2. The molecule has 0 aliphatic heterocycles. The predicted molar refractivity (Wildman–Crippen MR) is 59.0 cm³/mol. The molecule has 1 unspecified atom stereocenters. The van der Waals surface area contributed by atoms with E-state index >= 15 is 0 Å². The van der Waals surface area contributed by atoms with Gasteiger partial charge in [-0.05, 0) is 20.3 Å². The van der Waals surface area contributed by atoms with Gasteiger partial charge in [0.15, 0.2) is 0 Å². The SMILES string of the molecule is C/C(=C\C(O)C/C(C)=C/CO)CBr.[Ac].[Ac]. The van der Waals surface area contributed by atoms with E-state index in [1.807, 2.05) is 19.9 Å². The minimum atomic E-state index is -0.444. The molecule has 2 nitrogen and oxygen atoms in total. The summed E-state index contributed by atoms with van der Waals surface area (Å²) >= 11 is 3.31. The van der Waals surface area contributed by atoms with Gasteiger partial charge in [-0.3, -0.25) is 0 Å². The standard InChI is InChI=1S/C10H17BrO2.2Ac/c1-8(3-4-12)5-10(13)6-9(2)7-11;;/h3,6,10,12-13H,4-5,7H2,1-2H3;;/b8-3+,9-6+;;. The molecule has 2 N–H and O–H groups in total. The molecule has 1 atom stereocenters. The van der Waals surface area contributed by atoms with Crippen molar-refractivity contribution in [3.05, 3.63) is 23.3 Å². The first-order chi connectivity index (χ1) is 6.10. The van der Waals surface area contributed by atoms with Crippen LogP contribution in [-0.2, 0) is 0 Å². The van der Waals surface area contributed by atoms with E-state index in [-0.39, 0.29) is 94.7 Å². The summed E-state index contributed by atoms with van der Waals surface area (Å²) in [6.07, 6.45) is 3.68. The van der Waals surface area contributed by atoms with Gasteiger partial charge < -0.3 is 10.2 Å². The maximum atomic E-state index is 9.53. The van der Waals surface area contributed by atoms with Crippen molar-refractivity contribution in [3.8, 4) is 0 Å². The molecule has 0 aliphatic rings. The van der Waals surface area contributed by atoms with Crippen molar-refractivity contribution >= 4 is 15.9 Å². The molecule has 82 valence electrons. The minimum Gasteiger partial charge on any atom is -0.392 e. The van der Waals surface area contributed by atoms with Crippen molar-refractivity contribution in [2.24, 2.45) is 0 Å². The Bertz CT molecular complexity index is 206. The van der Waals surface area contributed by atoms with Crippen LogP contribution in [-0.4, -0.2) is 28.3 Å². The second kappa shape index (κ2) is 14.8. The number of alkyl halides is 1. The van der Waals surface area contributed by atoms with Gasteiger partial charge in [-0.15, -0.1) is 0 Å². The van der Waals surface area contributed by atoms with Crippen LogP contribution in [0.25, 0.3) is 0 Å². The molecule has 0 saturated carbocycles. The molecule has 0 spiro atoms. The molecule has 0 bridgehead atoms. The Kier molecular flexibility index (Phi) is 22.6. The van der Waals surface area contributed by atoms with Gasteiger partial charge in [0.25, 0.3) is 0 Å². The van der Waals surface area contributed by atoms with Crippen molar-refractivity contribution in [2.75, 3.05) is 11.9 Å². The van der Waals surface area contributed by atoms with Crippen LogP contribution in [0.3, 0.4) is 0 Å². The van der Waals surface area contributed by atoms with Crippen LogP contribution >= 0.6 is 15.9 Å². The Morgan fingerprint density at radius 3 is 2.20 bits per heavy atom. The smallest absolute Gasteiger partial charge is 0.0760 e. The van der Waals surface area contributed by atoms with Crippen molar-refractivity contribution in [2.45, 2.75) is 26.4 Å². The van der Waals surface area contributed by atoms with Gasteiger partial charge in [0.05, 0.1) is 12.7 Å². The summed E-state index contributed by atoms with van der Waals surface area (Å²) in [4.78, 5) is 0. The molecule has 15 heavy (non-hydrogen) atoms. The monoisotopic (exact) mass is 702 g/mol. The summed E-state index contributed by atoms with van der Waals surface area (Å²) in [6.45, 7) is 3.90. The third-order valence-corrected chi connectivity index (χ3v) is 2.54. The van der Waals surface area contributed by atoms with Gasteiger partial charge in [0.2, 0.25) is 0 Å². The number of hydrogen-bond donors (Lipinski definition) is 2. The van der Waals surface area contributed by atoms with E-state index in [2.05, 4.69) is 15.9 Å². The summed E-state index contributed by atoms with van der Waals surface area (Å²) in [5.41, 5.74) is 2.12. The average Bonchev–Trinajstić information content (AvgIpc) is 2.04. The second-order valence-corrected chi connectivity index (χ2v) is 3.71. The van der Waals surface area contributed by atoms with Crippen LogP contribution in [0.4, 0.5) is 0 Å².